The van der Waals surface area contributed by atoms with Crippen molar-refractivity contribution in [1.82, 2.24) is 0 Å². The molecule has 124 valence electrons. The summed E-state index contributed by atoms with van der Waals surface area (Å²) in [4.78, 5) is 0. The Bertz CT molecular complexity index is 547. The molecule has 8 heteroatoms. The third-order valence-electron chi connectivity index (χ3n) is 3.68. The van der Waals surface area contributed by atoms with E-state index < -0.39 is 35.5 Å². The first kappa shape index (κ1) is 17.2. The Hall–Kier alpha value is -1.12. The van der Waals surface area contributed by atoms with Crippen molar-refractivity contribution < 1.29 is 31.8 Å². The lowest BCUT2D eigenvalue weighted by Crippen LogP contribution is -2.36. The molecule has 3 atom stereocenters. The minimum Gasteiger partial charge on any atom is -0.481 e. The molecule has 1 aromatic carbocycles. The lowest BCUT2D eigenvalue weighted by molar-refractivity contribution is -0.195. The largest absolute Gasteiger partial charge is 0.481 e. The van der Waals surface area contributed by atoms with Gasteiger partial charge in [0.2, 0.25) is 0 Å². The van der Waals surface area contributed by atoms with Crippen molar-refractivity contribution in [3.8, 4) is 5.75 Å². The first-order valence-electron chi connectivity index (χ1n) is 6.83. The van der Waals surface area contributed by atoms with Crippen LogP contribution in [0.2, 0.25) is 0 Å². The van der Waals surface area contributed by atoms with E-state index in [1.165, 1.54) is 6.07 Å². The van der Waals surface area contributed by atoms with E-state index in [0.717, 1.165) is 5.56 Å². The zero-order chi connectivity index (χ0) is 16.3. The molecular formula is C14H17F3O4S. The molecule has 0 aromatic heterocycles. The molecule has 0 aliphatic heterocycles. The number of ether oxygens (including phenoxy) is 1. The first-order chi connectivity index (χ1) is 10.3. The van der Waals surface area contributed by atoms with E-state index in [2.05, 4.69) is 0 Å². The van der Waals surface area contributed by atoms with Crippen molar-refractivity contribution in [2.45, 2.75) is 31.5 Å². The number of fused-ring (bicyclic) bond motifs is 1. The van der Waals surface area contributed by atoms with Crippen molar-refractivity contribution in [3.63, 3.8) is 0 Å². The molecule has 3 unspecified atom stereocenters. The number of hydrogen-bond acceptors (Lipinski definition) is 3. The smallest absolute Gasteiger partial charge is 0.425 e. The monoisotopic (exact) mass is 338 g/mol. The van der Waals surface area contributed by atoms with Gasteiger partial charge in [0.05, 0.1) is 5.75 Å². The van der Waals surface area contributed by atoms with Crippen molar-refractivity contribution in [2.24, 2.45) is 5.92 Å². The van der Waals surface area contributed by atoms with Gasteiger partial charge in [-0.25, -0.2) is 4.21 Å². The maximum absolute atomic E-state index is 13.0. The van der Waals surface area contributed by atoms with Crippen LogP contribution >= 0.6 is 0 Å². The summed E-state index contributed by atoms with van der Waals surface area (Å²) < 4.78 is 63.4. The predicted molar refractivity (Wildman–Crippen MR) is 75.2 cm³/mol. The average molecular weight is 338 g/mol. The summed E-state index contributed by atoms with van der Waals surface area (Å²) in [5.41, 5.74) is 1.56. The molecule has 0 heterocycles. The fourth-order valence-corrected chi connectivity index (χ4v) is 3.01. The van der Waals surface area contributed by atoms with E-state index >= 15 is 0 Å². The van der Waals surface area contributed by atoms with Crippen LogP contribution in [-0.4, -0.2) is 38.5 Å². The summed E-state index contributed by atoms with van der Waals surface area (Å²) >= 11 is -2.30. The molecule has 0 fully saturated rings. The molecule has 22 heavy (non-hydrogen) atoms. The number of alkyl halides is 3. The highest BCUT2D eigenvalue weighted by atomic mass is 32.2. The zero-order valence-electron chi connectivity index (χ0n) is 11.7. The quantitative estimate of drug-likeness (QED) is 0.781. The van der Waals surface area contributed by atoms with Gasteiger partial charge >= 0.3 is 6.18 Å². The molecule has 0 saturated heterocycles. The summed E-state index contributed by atoms with van der Waals surface area (Å²) in [5.74, 6) is -0.369. The number of halogens is 3. The predicted octanol–water partition coefficient (Wildman–Crippen LogP) is 2.32. The third-order valence-corrected chi connectivity index (χ3v) is 4.26. The van der Waals surface area contributed by atoms with Gasteiger partial charge in [-0.15, -0.1) is 0 Å². The van der Waals surface area contributed by atoms with Gasteiger partial charge in [0.25, 0.3) is 0 Å². The molecular weight excluding hydrogens is 321 g/mol. The number of hydrogen-bond donors (Lipinski definition) is 2. The van der Waals surface area contributed by atoms with Gasteiger partial charge < -0.3 is 14.4 Å². The van der Waals surface area contributed by atoms with Gasteiger partial charge in [-0.05, 0) is 36.0 Å². The van der Waals surface area contributed by atoms with Gasteiger partial charge in [0, 0.05) is 13.0 Å². The molecule has 1 aromatic rings. The fourth-order valence-electron chi connectivity index (χ4n) is 2.60. The lowest BCUT2D eigenvalue weighted by atomic mass is 10.1. The van der Waals surface area contributed by atoms with Gasteiger partial charge in [-0.1, -0.05) is 12.1 Å². The molecule has 1 aliphatic carbocycles. The molecule has 1 aliphatic rings. The Balaban J connectivity index is 2.18. The van der Waals surface area contributed by atoms with Gasteiger partial charge in [0.1, 0.15) is 5.75 Å². The van der Waals surface area contributed by atoms with Crippen LogP contribution in [0.3, 0.4) is 0 Å². The van der Waals surface area contributed by atoms with Crippen LogP contribution in [0.25, 0.3) is 0 Å². The highest BCUT2D eigenvalue weighted by Crippen LogP contribution is 2.36. The summed E-state index contributed by atoms with van der Waals surface area (Å²) in [6.45, 7) is -0.0275. The lowest BCUT2D eigenvalue weighted by Gasteiger charge is -2.22. The van der Waals surface area contributed by atoms with Crippen molar-refractivity contribution in [3.05, 3.63) is 29.3 Å². The number of aliphatic hydroxyl groups excluding tert-OH is 1. The Labute approximate surface area is 128 Å². The molecule has 0 spiro atoms. The molecule has 2 N–H and O–H groups in total. The van der Waals surface area contributed by atoms with Crippen molar-refractivity contribution in [1.29, 1.82) is 0 Å². The highest BCUT2D eigenvalue weighted by Gasteiger charge is 2.42. The van der Waals surface area contributed by atoms with Crippen LogP contribution in [0.1, 0.15) is 17.5 Å². The summed E-state index contributed by atoms with van der Waals surface area (Å²) in [5, 5.41) is 9.20. The second-order valence-electron chi connectivity index (χ2n) is 5.31. The second-order valence-corrected chi connectivity index (χ2v) is 6.36. The van der Waals surface area contributed by atoms with Gasteiger partial charge in [-0.2, -0.15) is 13.2 Å². The summed E-state index contributed by atoms with van der Waals surface area (Å²) in [6, 6.07) is 4.89. The Kier molecular flexibility index (Phi) is 5.46. The molecule has 2 rings (SSSR count). The van der Waals surface area contributed by atoms with Crippen LogP contribution in [0, 0.1) is 5.92 Å². The van der Waals surface area contributed by atoms with Crippen molar-refractivity contribution in [2.75, 3.05) is 12.4 Å². The van der Waals surface area contributed by atoms with E-state index in [1.54, 1.807) is 6.07 Å². The molecule has 0 amide bonds. The molecule has 0 saturated carbocycles. The third kappa shape index (κ3) is 4.21. The first-order valence-corrected chi connectivity index (χ1v) is 8.11. The molecule has 4 nitrogen and oxygen atoms in total. The SMILES string of the molecule is O=S(O)CCC(Oc1cccc2c1CC(CO)C2)C(F)(F)F. The Morgan fingerprint density at radius 1 is 1.36 bits per heavy atom. The van der Waals surface area contributed by atoms with E-state index in [9.17, 15) is 22.5 Å². The van der Waals surface area contributed by atoms with Gasteiger partial charge in [-0.3, -0.25) is 0 Å². The minimum atomic E-state index is -4.61. The maximum atomic E-state index is 13.0. The van der Waals surface area contributed by atoms with Crippen LogP contribution in [0.4, 0.5) is 13.2 Å². The highest BCUT2D eigenvalue weighted by molar-refractivity contribution is 7.79. The standard InChI is InChI=1S/C14H17F3O4S/c15-14(16,17)13(4-5-22(19)20)21-12-3-1-2-10-6-9(8-18)7-11(10)12/h1-3,9,13,18H,4-8H2,(H,19,20). The van der Waals surface area contributed by atoms with E-state index in [1.807, 2.05) is 6.07 Å². The fraction of sp³-hybridized carbons (Fsp3) is 0.571. The second kappa shape index (κ2) is 6.97. The number of aliphatic hydroxyl groups is 1. The maximum Gasteiger partial charge on any atom is 0.425 e. The Morgan fingerprint density at radius 2 is 2.09 bits per heavy atom. The van der Waals surface area contributed by atoms with E-state index in [4.69, 9.17) is 9.29 Å². The van der Waals surface area contributed by atoms with E-state index in [0.29, 0.717) is 18.4 Å². The topological polar surface area (TPSA) is 66.8 Å². The normalized spacial score (nSPS) is 20.5. The van der Waals surface area contributed by atoms with Crippen molar-refractivity contribution >= 4 is 11.1 Å². The molecule has 0 radical (unpaired) electrons. The molecule has 0 bridgehead atoms. The minimum absolute atomic E-state index is 0.00553. The van der Waals surface area contributed by atoms with E-state index in [-0.39, 0.29) is 18.3 Å². The van der Waals surface area contributed by atoms with Crippen LogP contribution in [-0.2, 0) is 23.9 Å². The Morgan fingerprint density at radius 3 is 2.68 bits per heavy atom. The zero-order valence-corrected chi connectivity index (χ0v) is 12.5. The summed E-state index contributed by atoms with van der Waals surface area (Å²) in [7, 11) is 0. The van der Waals surface area contributed by atoms with Crippen LogP contribution in [0.5, 0.6) is 5.75 Å². The van der Waals surface area contributed by atoms with Gasteiger partial charge in [0.15, 0.2) is 17.2 Å². The van der Waals surface area contributed by atoms with Crippen LogP contribution in [0.15, 0.2) is 18.2 Å². The number of rotatable bonds is 6. The summed E-state index contributed by atoms with van der Waals surface area (Å²) in [6.07, 6.45) is -6.24. The average Bonchev–Trinajstić information content (AvgIpc) is 2.85. The van der Waals surface area contributed by atoms with Crippen LogP contribution < -0.4 is 4.74 Å². The number of benzene rings is 1.